The normalized spacial score (nSPS) is 15.8. The van der Waals surface area contributed by atoms with Crippen molar-refractivity contribution in [1.82, 2.24) is 0 Å². The van der Waals surface area contributed by atoms with Crippen molar-refractivity contribution >= 4 is 34.6 Å². The molecule has 1 atom stereocenters. The highest BCUT2D eigenvalue weighted by Crippen LogP contribution is 2.30. The Balaban J connectivity index is 1.79. The lowest BCUT2D eigenvalue weighted by Gasteiger charge is -2.20. The van der Waals surface area contributed by atoms with Crippen LogP contribution in [-0.4, -0.2) is 22.0 Å². The van der Waals surface area contributed by atoms with Crippen LogP contribution in [0.1, 0.15) is 13.3 Å². The lowest BCUT2D eigenvalue weighted by Crippen LogP contribution is -2.23. The molecular formula is C21H22N4O4. The molecule has 3 rings (SSSR count). The minimum atomic E-state index is -0.477. The Kier molecular flexibility index (Phi) is 5.45. The van der Waals surface area contributed by atoms with Crippen molar-refractivity contribution in [2.24, 2.45) is 5.92 Å². The van der Waals surface area contributed by atoms with Gasteiger partial charge in [0, 0.05) is 22.5 Å². The Hall–Kier alpha value is -3.94. The first-order chi connectivity index (χ1) is 13.7. The third-order valence-corrected chi connectivity index (χ3v) is 4.60. The van der Waals surface area contributed by atoms with E-state index in [1.54, 1.807) is 6.08 Å². The van der Waals surface area contributed by atoms with Crippen LogP contribution in [0.2, 0.25) is 0 Å². The van der Waals surface area contributed by atoms with Gasteiger partial charge in [-0.1, -0.05) is 13.0 Å². The molecule has 0 fully saturated rings. The van der Waals surface area contributed by atoms with E-state index >= 15 is 0 Å². The van der Waals surface area contributed by atoms with Crippen molar-refractivity contribution in [2.75, 3.05) is 22.1 Å². The van der Waals surface area contributed by atoms with Crippen LogP contribution in [-0.2, 0) is 9.59 Å². The molecule has 1 aliphatic carbocycles. The zero-order valence-corrected chi connectivity index (χ0v) is 15.8. The summed E-state index contributed by atoms with van der Waals surface area (Å²) in [6.07, 6.45) is 3.69. The fourth-order valence-electron chi connectivity index (χ4n) is 2.94. The zero-order valence-electron chi connectivity index (χ0n) is 15.8. The maximum Gasteiger partial charge on any atom is 0.255 e. The molecule has 0 bridgehead atoms. The van der Waals surface area contributed by atoms with Gasteiger partial charge in [-0.15, -0.1) is 0 Å². The highest BCUT2D eigenvalue weighted by atomic mass is 16.3. The molecule has 2 aromatic rings. The number of hydrogen-bond acceptors (Lipinski definition) is 6. The minimum Gasteiger partial charge on any atom is -0.506 e. The second kappa shape index (κ2) is 7.97. The largest absolute Gasteiger partial charge is 0.506 e. The number of allylic oxidation sites excluding steroid dienone is 1. The molecule has 8 heteroatoms. The predicted molar refractivity (Wildman–Crippen MR) is 112 cm³/mol. The second-order valence-electron chi connectivity index (χ2n) is 6.86. The van der Waals surface area contributed by atoms with Crippen LogP contribution in [0.5, 0.6) is 11.5 Å². The number of benzene rings is 2. The second-order valence-corrected chi connectivity index (χ2v) is 6.86. The van der Waals surface area contributed by atoms with E-state index < -0.39 is 11.8 Å². The Bertz CT molecular complexity index is 1040. The smallest absolute Gasteiger partial charge is 0.255 e. The molecular weight excluding hydrogens is 372 g/mol. The van der Waals surface area contributed by atoms with Crippen LogP contribution in [0.25, 0.3) is 0 Å². The van der Waals surface area contributed by atoms with Gasteiger partial charge in [-0.05, 0) is 54.8 Å². The zero-order chi connectivity index (χ0) is 21.1. The third kappa shape index (κ3) is 4.49. The van der Waals surface area contributed by atoms with E-state index in [2.05, 4.69) is 10.6 Å². The number of nitrogen functional groups attached to an aromatic ring is 2. The molecule has 0 heterocycles. The van der Waals surface area contributed by atoms with Crippen LogP contribution in [0.4, 0.5) is 22.7 Å². The maximum atomic E-state index is 12.7. The topological polar surface area (TPSA) is 151 Å². The summed E-state index contributed by atoms with van der Waals surface area (Å²) >= 11 is 0. The summed E-state index contributed by atoms with van der Waals surface area (Å²) in [4.78, 5) is 25.3. The van der Waals surface area contributed by atoms with Gasteiger partial charge in [0.25, 0.3) is 11.8 Å². The van der Waals surface area contributed by atoms with E-state index in [9.17, 15) is 19.8 Å². The summed E-state index contributed by atoms with van der Waals surface area (Å²) < 4.78 is 0. The van der Waals surface area contributed by atoms with Crippen LogP contribution in [0.15, 0.2) is 59.7 Å². The molecule has 0 saturated carbocycles. The van der Waals surface area contributed by atoms with Gasteiger partial charge >= 0.3 is 0 Å². The number of phenolic OH excluding ortho intramolecular Hbond substituents is 2. The number of rotatable bonds is 4. The summed E-state index contributed by atoms with van der Waals surface area (Å²) in [5.41, 5.74) is 13.2. The lowest BCUT2D eigenvalue weighted by molar-refractivity contribution is -0.113. The van der Waals surface area contributed by atoms with Crippen molar-refractivity contribution in [3.8, 4) is 11.5 Å². The third-order valence-electron chi connectivity index (χ3n) is 4.60. The number of aromatic hydroxyl groups is 2. The van der Waals surface area contributed by atoms with Crippen LogP contribution < -0.4 is 22.1 Å². The molecule has 1 aliphatic rings. The highest BCUT2D eigenvalue weighted by Gasteiger charge is 2.24. The summed E-state index contributed by atoms with van der Waals surface area (Å²) in [7, 11) is 0. The molecule has 0 aliphatic heterocycles. The molecule has 1 unspecified atom stereocenters. The maximum absolute atomic E-state index is 12.7. The van der Waals surface area contributed by atoms with Gasteiger partial charge in [0.05, 0.1) is 11.4 Å². The lowest BCUT2D eigenvalue weighted by atomic mass is 9.89. The fraction of sp³-hybridized carbons (Fsp3) is 0.143. The number of carbonyl (C=O) groups is 2. The summed E-state index contributed by atoms with van der Waals surface area (Å²) in [6.45, 7) is 1.86. The molecule has 150 valence electrons. The molecule has 8 nitrogen and oxygen atoms in total. The average molecular weight is 394 g/mol. The molecule has 2 aromatic carbocycles. The number of hydrogen-bond donors (Lipinski definition) is 6. The molecule has 29 heavy (non-hydrogen) atoms. The van der Waals surface area contributed by atoms with Gasteiger partial charge in [0.15, 0.2) is 0 Å². The minimum absolute atomic E-state index is 0.109. The fourth-order valence-corrected chi connectivity index (χ4v) is 2.94. The van der Waals surface area contributed by atoms with Gasteiger partial charge < -0.3 is 32.3 Å². The van der Waals surface area contributed by atoms with Crippen LogP contribution in [0, 0.1) is 5.92 Å². The van der Waals surface area contributed by atoms with Crippen molar-refractivity contribution < 1.29 is 19.8 Å². The van der Waals surface area contributed by atoms with Crippen molar-refractivity contribution in [2.45, 2.75) is 13.3 Å². The Morgan fingerprint density at radius 3 is 2.00 bits per heavy atom. The number of anilines is 4. The average Bonchev–Trinajstić information content (AvgIpc) is 2.67. The van der Waals surface area contributed by atoms with E-state index in [-0.39, 0.29) is 34.4 Å². The SMILES string of the molecule is CC1CC=C(C(=O)Nc2cc(N)ccc2O)C=C1C(=O)Nc1cc(N)ccc1O. The Morgan fingerprint density at radius 1 is 0.931 bits per heavy atom. The van der Waals surface area contributed by atoms with Gasteiger partial charge in [-0.3, -0.25) is 9.59 Å². The number of nitrogens with one attached hydrogen (secondary N) is 2. The molecule has 0 aromatic heterocycles. The number of carbonyl (C=O) groups excluding carboxylic acids is 2. The first-order valence-corrected chi connectivity index (χ1v) is 8.96. The molecule has 0 spiro atoms. The summed E-state index contributed by atoms with van der Waals surface area (Å²) in [5.74, 6) is -1.27. The van der Waals surface area contributed by atoms with Crippen molar-refractivity contribution in [3.05, 3.63) is 59.7 Å². The van der Waals surface area contributed by atoms with E-state index in [1.165, 1.54) is 42.5 Å². The van der Waals surface area contributed by atoms with Crippen LogP contribution in [0.3, 0.4) is 0 Å². The molecule has 0 radical (unpaired) electrons. The molecule has 0 saturated heterocycles. The van der Waals surface area contributed by atoms with E-state index in [4.69, 9.17) is 11.5 Å². The highest BCUT2D eigenvalue weighted by molar-refractivity contribution is 6.11. The number of phenols is 2. The standard InChI is InChI=1S/C21H22N4O4/c1-11-2-3-12(20(28)24-16-9-13(22)4-6-18(16)26)8-15(11)21(29)25-17-10-14(23)5-7-19(17)27/h3-11,26-27H,2,22-23H2,1H3,(H,24,28)(H,25,29). The van der Waals surface area contributed by atoms with Gasteiger partial charge in [-0.2, -0.15) is 0 Å². The quantitative estimate of drug-likeness (QED) is 0.267. The van der Waals surface area contributed by atoms with Gasteiger partial charge in [0.1, 0.15) is 11.5 Å². The first-order valence-electron chi connectivity index (χ1n) is 8.96. The van der Waals surface area contributed by atoms with E-state index in [0.29, 0.717) is 23.4 Å². The Labute approximate surface area is 167 Å². The summed E-state index contributed by atoms with van der Waals surface area (Å²) in [5, 5.41) is 25.0. The predicted octanol–water partition coefficient (Wildman–Crippen LogP) is 2.73. The van der Waals surface area contributed by atoms with Crippen molar-refractivity contribution in [1.29, 1.82) is 0 Å². The van der Waals surface area contributed by atoms with E-state index in [0.717, 1.165) is 0 Å². The number of nitrogens with two attached hydrogens (primary N) is 2. The number of amides is 2. The van der Waals surface area contributed by atoms with E-state index in [1.807, 2.05) is 6.92 Å². The van der Waals surface area contributed by atoms with Crippen molar-refractivity contribution in [3.63, 3.8) is 0 Å². The molecule has 8 N–H and O–H groups in total. The molecule has 2 amide bonds. The first kappa shape index (κ1) is 19.8. The van der Waals surface area contributed by atoms with Crippen LogP contribution >= 0.6 is 0 Å². The monoisotopic (exact) mass is 394 g/mol. The Morgan fingerprint density at radius 2 is 1.45 bits per heavy atom. The summed E-state index contributed by atoms with van der Waals surface area (Å²) in [6, 6.07) is 8.70. The van der Waals surface area contributed by atoms with Gasteiger partial charge in [-0.25, -0.2) is 0 Å². The van der Waals surface area contributed by atoms with Gasteiger partial charge in [0.2, 0.25) is 0 Å².